The third-order valence-electron chi connectivity index (χ3n) is 5.08. The lowest BCUT2D eigenvalue weighted by molar-refractivity contribution is -0.274. The standard InChI is InChI=1S/C27H26B3F4N3O5/c1-14(2)4-3-5-15-10-18(31)23(25(39)37-16-8-9-36-19(12-16)24(35)38)22(11-15)40-20-7-6-17(41-27(32,33)34)13-21(20)42-26(28,29)30/h6-14H,4,28-30H2,1-2H3,(H2,35,38)(H,36,37,39). The molecular formula is C27H26B3F4N3O5. The van der Waals surface area contributed by atoms with Gasteiger partial charge in [-0.2, -0.15) is 0 Å². The average molecular weight is 581 g/mol. The van der Waals surface area contributed by atoms with Gasteiger partial charge in [-0.1, -0.05) is 25.7 Å². The fraction of sp³-hybridized carbons (Fsp3) is 0.222. The molecule has 0 aliphatic heterocycles. The summed E-state index contributed by atoms with van der Waals surface area (Å²) in [6, 6.07) is 8.06. The Balaban J connectivity index is 2.11. The van der Waals surface area contributed by atoms with E-state index in [0.717, 1.165) is 24.3 Å². The minimum absolute atomic E-state index is 0.0976. The first kappa shape index (κ1) is 31.9. The number of carbonyl (C=O) groups excluding carboxylic acids is 2. The zero-order valence-corrected chi connectivity index (χ0v) is 23.5. The van der Waals surface area contributed by atoms with Crippen molar-refractivity contribution in [1.29, 1.82) is 0 Å². The predicted octanol–water partition coefficient (Wildman–Crippen LogP) is 2.55. The van der Waals surface area contributed by atoms with Gasteiger partial charge in [-0.05, 0) is 42.3 Å². The van der Waals surface area contributed by atoms with Crippen LogP contribution >= 0.6 is 0 Å². The van der Waals surface area contributed by atoms with E-state index in [1.54, 1.807) is 23.5 Å². The highest BCUT2D eigenvalue weighted by Gasteiger charge is 2.32. The monoisotopic (exact) mass is 581 g/mol. The molecule has 216 valence electrons. The number of hydrogen-bond donors (Lipinski definition) is 2. The van der Waals surface area contributed by atoms with Crippen molar-refractivity contribution >= 4 is 41.0 Å². The van der Waals surface area contributed by atoms with Crippen LogP contribution in [0.1, 0.15) is 46.7 Å². The number of aromatic nitrogens is 1. The van der Waals surface area contributed by atoms with Crippen LogP contribution in [0.4, 0.5) is 23.2 Å². The SMILES string of the molecule is BC(B)(B)Oc1cc(OC(F)(F)F)ccc1Oc1cc(C#CCC(C)C)cc(F)c1C(=O)Nc1ccnc(C(N)=O)c1. The van der Waals surface area contributed by atoms with Gasteiger partial charge in [0, 0.05) is 35.2 Å². The number of benzene rings is 2. The quantitative estimate of drug-likeness (QED) is 0.229. The van der Waals surface area contributed by atoms with Crippen LogP contribution in [0.5, 0.6) is 23.0 Å². The van der Waals surface area contributed by atoms with E-state index in [0.29, 0.717) is 6.42 Å². The maximum absolute atomic E-state index is 15.5. The van der Waals surface area contributed by atoms with Gasteiger partial charge in [-0.25, -0.2) is 4.39 Å². The third kappa shape index (κ3) is 9.50. The number of alkyl halides is 3. The largest absolute Gasteiger partial charge is 0.573 e. The Kier molecular flexibility index (Phi) is 9.83. The lowest BCUT2D eigenvalue weighted by Crippen LogP contribution is -2.37. The molecule has 0 aliphatic rings. The highest BCUT2D eigenvalue weighted by Crippen LogP contribution is 2.39. The Bertz CT molecular complexity index is 1550. The van der Waals surface area contributed by atoms with Crippen molar-refractivity contribution in [3.8, 4) is 34.8 Å². The third-order valence-corrected chi connectivity index (χ3v) is 5.08. The number of rotatable bonds is 9. The van der Waals surface area contributed by atoms with Gasteiger partial charge in [0.25, 0.3) is 11.8 Å². The van der Waals surface area contributed by atoms with E-state index < -0.39 is 40.6 Å². The van der Waals surface area contributed by atoms with Crippen molar-refractivity contribution in [2.24, 2.45) is 11.7 Å². The van der Waals surface area contributed by atoms with Gasteiger partial charge in [0.15, 0.2) is 11.5 Å². The smallest absolute Gasteiger partial charge is 0.510 e. The molecule has 42 heavy (non-hydrogen) atoms. The Morgan fingerprint density at radius 3 is 2.36 bits per heavy atom. The molecular weight excluding hydrogens is 555 g/mol. The second-order valence-corrected chi connectivity index (χ2v) is 10.5. The number of nitrogens with zero attached hydrogens (tertiary/aromatic N) is 1. The average Bonchev–Trinajstić information content (AvgIpc) is 2.83. The van der Waals surface area contributed by atoms with E-state index in [2.05, 4.69) is 26.9 Å². The number of ether oxygens (including phenoxy) is 3. The summed E-state index contributed by atoms with van der Waals surface area (Å²) in [6.45, 7) is 3.92. The summed E-state index contributed by atoms with van der Waals surface area (Å²) in [7, 11) is 4.98. The van der Waals surface area contributed by atoms with Gasteiger partial charge in [0.1, 0.15) is 52.1 Å². The number of halogens is 4. The molecule has 0 saturated carbocycles. The van der Waals surface area contributed by atoms with E-state index in [-0.39, 0.29) is 40.1 Å². The molecule has 0 unspecified atom stereocenters. The molecule has 1 aromatic heterocycles. The molecule has 0 aliphatic carbocycles. The lowest BCUT2D eigenvalue weighted by Gasteiger charge is -2.24. The Labute approximate surface area is 242 Å². The number of pyridine rings is 1. The molecule has 15 heteroatoms. The van der Waals surface area contributed by atoms with E-state index >= 15 is 4.39 Å². The van der Waals surface area contributed by atoms with Gasteiger partial charge >= 0.3 is 6.36 Å². The van der Waals surface area contributed by atoms with Gasteiger partial charge in [-0.3, -0.25) is 14.6 Å². The van der Waals surface area contributed by atoms with Crippen molar-refractivity contribution in [2.75, 3.05) is 5.32 Å². The number of nitrogens with two attached hydrogens (primary N) is 1. The molecule has 2 amide bonds. The summed E-state index contributed by atoms with van der Waals surface area (Å²) in [5, 5.41) is 1.58. The van der Waals surface area contributed by atoms with Crippen LogP contribution < -0.4 is 25.3 Å². The molecule has 0 bridgehead atoms. The maximum atomic E-state index is 15.5. The number of amides is 2. The Morgan fingerprint density at radius 2 is 1.74 bits per heavy atom. The minimum Gasteiger partial charge on any atom is -0.510 e. The van der Waals surface area contributed by atoms with Gasteiger partial charge < -0.3 is 25.3 Å². The molecule has 1 heterocycles. The maximum Gasteiger partial charge on any atom is 0.573 e. The van der Waals surface area contributed by atoms with E-state index in [9.17, 15) is 22.8 Å². The first-order chi connectivity index (χ1) is 19.5. The fourth-order valence-corrected chi connectivity index (χ4v) is 3.45. The van der Waals surface area contributed by atoms with Crippen LogP contribution in [0, 0.1) is 23.6 Å². The highest BCUT2D eigenvalue weighted by atomic mass is 19.4. The van der Waals surface area contributed by atoms with Crippen molar-refractivity contribution in [3.05, 3.63) is 71.3 Å². The van der Waals surface area contributed by atoms with Crippen LogP contribution in [0.3, 0.4) is 0 Å². The molecule has 0 atom stereocenters. The van der Waals surface area contributed by atoms with Crippen LogP contribution in [0.2, 0.25) is 0 Å². The van der Waals surface area contributed by atoms with Crippen molar-refractivity contribution < 1.29 is 41.4 Å². The molecule has 3 N–H and O–H groups in total. The first-order valence-electron chi connectivity index (χ1n) is 12.7. The lowest BCUT2D eigenvalue weighted by atomic mass is 9.52. The minimum atomic E-state index is -4.96. The summed E-state index contributed by atoms with van der Waals surface area (Å²) < 4.78 is 69.8. The number of nitrogens with one attached hydrogen (secondary N) is 1. The van der Waals surface area contributed by atoms with Gasteiger partial charge in [0.05, 0.1) is 0 Å². The van der Waals surface area contributed by atoms with E-state index in [4.69, 9.17) is 15.2 Å². The Hall–Kier alpha value is -4.60. The molecule has 0 saturated heterocycles. The van der Waals surface area contributed by atoms with Crippen LogP contribution in [-0.4, -0.2) is 52.0 Å². The van der Waals surface area contributed by atoms with Gasteiger partial charge in [-0.15, -0.1) is 13.2 Å². The molecule has 0 fully saturated rings. The number of anilines is 1. The van der Waals surface area contributed by atoms with Crippen LogP contribution in [0.25, 0.3) is 0 Å². The second kappa shape index (κ2) is 12.9. The topological polar surface area (TPSA) is 113 Å². The normalized spacial score (nSPS) is 11.3. The molecule has 0 radical (unpaired) electrons. The van der Waals surface area contributed by atoms with E-state index in [1.165, 1.54) is 24.4 Å². The predicted molar refractivity (Wildman–Crippen MR) is 156 cm³/mol. The first-order valence-corrected chi connectivity index (χ1v) is 12.7. The number of carbonyl (C=O) groups is 2. The Morgan fingerprint density at radius 1 is 1.02 bits per heavy atom. The van der Waals surface area contributed by atoms with Crippen molar-refractivity contribution in [3.63, 3.8) is 0 Å². The van der Waals surface area contributed by atoms with Crippen molar-refractivity contribution in [2.45, 2.75) is 31.9 Å². The number of primary amides is 1. The summed E-state index contributed by atoms with van der Waals surface area (Å²) >= 11 is 0. The zero-order chi connectivity index (χ0) is 31.2. The van der Waals surface area contributed by atoms with Crippen LogP contribution in [0.15, 0.2) is 48.7 Å². The fourth-order valence-electron chi connectivity index (χ4n) is 3.45. The second-order valence-electron chi connectivity index (χ2n) is 10.5. The summed E-state index contributed by atoms with van der Waals surface area (Å²) in [4.78, 5) is 28.6. The summed E-state index contributed by atoms with van der Waals surface area (Å²) in [6.07, 6.45) is -3.20. The van der Waals surface area contributed by atoms with Gasteiger partial charge in [0.2, 0.25) is 0 Å². The van der Waals surface area contributed by atoms with E-state index in [1.807, 2.05) is 13.8 Å². The zero-order valence-electron chi connectivity index (χ0n) is 23.5. The molecule has 0 spiro atoms. The summed E-state index contributed by atoms with van der Waals surface area (Å²) in [5.74, 6) is 2.07. The number of hydrogen-bond acceptors (Lipinski definition) is 6. The molecule has 8 nitrogen and oxygen atoms in total. The molecule has 3 rings (SSSR count). The summed E-state index contributed by atoms with van der Waals surface area (Å²) in [5.41, 5.74) is 4.86. The molecule has 2 aromatic carbocycles. The molecule has 3 aromatic rings. The van der Waals surface area contributed by atoms with Crippen LogP contribution in [-0.2, 0) is 0 Å². The highest BCUT2D eigenvalue weighted by molar-refractivity contribution is 6.58. The van der Waals surface area contributed by atoms with Crippen molar-refractivity contribution in [1.82, 2.24) is 4.98 Å².